The summed E-state index contributed by atoms with van der Waals surface area (Å²) in [6, 6.07) is 16.4. The first-order valence-electron chi connectivity index (χ1n) is 12.0. The number of carbonyl (C=O) groups is 2. The largest absolute Gasteiger partial charge is 0.506 e. The Morgan fingerprint density at radius 1 is 0.523 bits per heavy atom. The van der Waals surface area contributed by atoms with E-state index in [1.165, 1.54) is 0 Å². The summed E-state index contributed by atoms with van der Waals surface area (Å²) in [5.41, 5.74) is -1.74. The first-order valence-corrected chi connectivity index (χ1v) is 13.6. The standard InChI is InChI=1S/2C14H10BrF3N2O2/c2*15-9-3-1-2-4-10(9)19-13(22)20-11-7-8(14(16,17)18)5-6-12(11)21/h2*1-7,21H,(H2,19,20,22). The molecule has 4 amide bonds. The van der Waals surface area contributed by atoms with E-state index in [4.69, 9.17) is 0 Å². The number of carbonyl (C=O) groups excluding carboxylic acids is 2. The number of alkyl halides is 6. The van der Waals surface area contributed by atoms with E-state index in [0.29, 0.717) is 32.5 Å². The molecule has 16 heteroatoms. The predicted molar refractivity (Wildman–Crippen MR) is 160 cm³/mol. The van der Waals surface area contributed by atoms with Gasteiger partial charge in [-0.3, -0.25) is 0 Å². The SMILES string of the molecule is O=C(Nc1cc(C(F)(F)F)ccc1O)Nc1ccccc1Br.O=C(Nc1cc(C(F)(F)F)ccc1O)Nc1ccccc1Br. The van der Waals surface area contributed by atoms with Gasteiger partial charge in [0.15, 0.2) is 0 Å². The van der Waals surface area contributed by atoms with E-state index < -0.39 is 47.0 Å². The zero-order chi connectivity index (χ0) is 32.7. The third kappa shape index (κ3) is 9.80. The van der Waals surface area contributed by atoms with Gasteiger partial charge in [0.2, 0.25) is 0 Å². The van der Waals surface area contributed by atoms with Gasteiger partial charge in [-0.15, -0.1) is 0 Å². The molecule has 8 nitrogen and oxygen atoms in total. The first kappa shape index (κ1) is 34.1. The fourth-order valence-electron chi connectivity index (χ4n) is 3.30. The molecule has 6 N–H and O–H groups in total. The minimum atomic E-state index is -4.57. The molecule has 0 aromatic heterocycles. The Labute approximate surface area is 262 Å². The number of amides is 4. The lowest BCUT2D eigenvalue weighted by Crippen LogP contribution is -2.20. The van der Waals surface area contributed by atoms with E-state index in [-0.39, 0.29) is 11.4 Å². The van der Waals surface area contributed by atoms with Crippen LogP contribution in [0.15, 0.2) is 93.9 Å². The van der Waals surface area contributed by atoms with Crippen molar-refractivity contribution in [2.24, 2.45) is 0 Å². The van der Waals surface area contributed by atoms with Crippen LogP contribution in [-0.4, -0.2) is 22.3 Å². The number of hydrogen-bond acceptors (Lipinski definition) is 4. The molecule has 0 spiro atoms. The topological polar surface area (TPSA) is 123 Å². The highest BCUT2D eigenvalue weighted by Crippen LogP contribution is 2.36. The van der Waals surface area contributed by atoms with Gasteiger partial charge in [-0.2, -0.15) is 26.3 Å². The molecule has 0 atom stereocenters. The lowest BCUT2D eigenvalue weighted by molar-refractivity contribution is -0.138. The zero-order valence-corrected chi connectivity index (χ0v) is 25.0. The molecule has 0 aliphatic heterocycles. The number of rotatable bonds is 4. The highest BCUT2D eigenvalue weighted by atomic mass is 79.9. The van der Waals surface area contributed by atoms with Crippen LogP contribution in [0.3, 0.4) is 0 Å². The summed E-state index contributed by atoms with van der Waals surface area (Å²) in [6.07, 6.45) is -9.13. The van der Waals surface area contributed by atoms with E-state index in [9.17, 15) is 46.1 Å². The van der Waals surface area contributed by atoms with Crippen LogP contribution < -0.4 is 21.3 Å². The summed E-state index contributed by atoms with van der Waals surface area (Å²) in [5, 5.41) is 28.4. The third-order valence-electron chi connectivity index (χ3n) is 5.39. The zero-order valence-electron chi connectivity index (χ0n) is 21.8. The average Bonchev–Trinajstić information content (AvgIpc) is 2.93. The van der Waals surface area contributed by atoms with Gasteiger partial charge in [0.1, 0.15) is 11.5 Å². The molecule has 0 fully saturated rings. The van der Waals surface area contributed by atoms with E-state index in [1.807, 2.05) is 0 Å². The summed E-state index contributed by atoms with van der Waals surface area (Å²) in [7, 11) is 0. The molecule has 4 aromatic carbocycles. The molecule has 0 bridgehead atoms. The Morgan fingerprint density at radius 3 is 1.16 bits per heavy atom. The minimum Gasteiger partial charge on any atom is -0.506 e. The molecule has 0 unspecified atom stereocenters. The highest BCUT2D eigenvalue weighted by molar-refractivity contribution is 9.11. The van der Waals surface area contributed by atoms with Gasteiger partial charge in [-0.05, 0) is 92.5 Å². The maximum Gasteiger partial charge on any atom is 0.416 e. The van der Waals surface area contributed by atoms with Crippen molar-refractivity contribution in [3.8, 4) is 11.5 Å². The second-order valence-corrected chi connectivity index (χ2v) is 10.3. The van der Waals surface area contributed by atoms with Crippen LogP contribution in [0.5, 0.6) is 11.5 Å². The predicted octanol–water partition coefficient (Wildman–Crippen LogP) is 9.63. The number of phenolic OH excluding ortho intramolecular Hbond substituents is 2. The van der Waals surface area contributed by atoms with Crippen LogP contribution in [0.25, 0.3) is 0 Å². The smallest absolute Gasteiger partial charge is 0.416 e. The Balaban J connectivity index is 0.000000240. The molecule has 4 rings (SSSR count). The lowest BCUT2D eigenvalue weighted by atomic mass is 10.2. The molecular weight excluding hydrogens is 730 g/mol. The summed E-state index contributed by atoms with van der Waals surface area (Å²) in [6.45, 7) is 0. The minimum absolute atomic E-state index is 0.334. The summed E-state index contributed by atoms with van der Waals surface area (Å²) in [4.78, 5) is 23.6. The number of aromatic hydroxyl groups is 2. The van der Waals surface area contributed by atoms with Crippen LogP contribution in [0.2, 0.25) is 0 Å². The van der Waals surface area contributed by atoms with Crippen molar-refractivity contribution in [2.45, 2.75) is 12.4 Å². The number of para-hydroxylation sites is 2. The second kappa shape index (κ2) is 14.4. The number of urea groups is 2. The number of halogens is 8. The van der Waals surface area contributed by atoms with Gasteiger partial charge in [0.25, 0.3) is 0 Å². The Kier molecular flexibility index (Phi) is 11.1. The fourth-order valence-corrected chi connectivity index (χ4v) is 4.07. The third-order valence-corrected chi connectivity index (χ3v) is 6.77. The monoisotopic (exact) mass is 748 g/mol. The number of phenols is 2. The highest BCUT2D eigenvalue weighted by Gasteiger charge is 2.32. The Hall–Kier alpha value is -4.44. The number of anilines is 4. The molecule has 4 aromatic rings. The van der Waals surface area contributed by atoms with Crippen LogP contribution in [0, 0.1) is 0 Å². The maximum absolute atomic E-state index is 12.6. The van der Waals surface area contributed by atoms with Crippen molar-refractivity contribution in [2.75, 3.05) is 21.3 Å². The van der Waals surface area contributed by atoms with E-state index in [2.05, 4.69) is 53.1 Å². The summed E-state index contributed by atoms with van der Waals surface area (Å²) >= 11 is 6.44. The summed E-state index contributed by atoms with van der Waals surface area (Å²) in [5.74, 6) is -0.925. The van der Waals surface area contributed by atoms with Crippen LogP contribution >= 0.6 is 31.9 Å². The Morgan fingerprint density at radius 2 is 0.841 bits per heavy atom. The normalized spacial score (nSPS) is 11.1. The summed E-state index contributed by atoms with van der Waals surface area (Å²) < 4.78 is 76.9. The van der Waals surface area contributed by atoms with Gasteiger partial charge in [-0.1, -0.05) is 24.3 Å². The molecule has 44 heavy (non-hydrogen) atoms. The maximum atomic E-state index is 12.6. The fraction of sp³-hybridized carbons (Fsp3) is 0.0714. The van der Waals surface area contributed by atoms with E-state index in [1.54, 1.807) is 48.5 Å². The molecule has 0 heterocycles. The van der Waals surface area contributed by atoms with E-state index in [0.717, 1.165) is 24.3 Å². The van der Waals surface area contributed by atoms with Crippen LogP contribution in [-0.2, 0) is 12.4 Å². The van der Waals surface area contributed by atoms with Crippen molar-refractivity contribution >= 4 is 66.7 Å². The number of nitrogens with one attached hydrogen (secondary N) is 4. The quantitative estimate of drug-likeness (QED) is 0.0919. The number of hydrogen-bond donors (Lipinski definition) is 6. The molecule has 0 saturated heterocycles. The van der Waals surface area contributed by atoms with Gasteiger partial charge < -0.3 is 31.5 Å². The van der Waals surface area contributed by atoms with Crippen molar-refractivity contribution in [3.63, 3.8) is 0 Å². The average molecular weight is 750 g/mol. The first-order chi connectivity index (χ1) is 20.5. The van der Waals surface area contributed by atoms with Crippen molar-refractivity contribution in [3.05, 3.63) is 105 Å². The van der Waals surface area contributed by atoms with Gasteiger partial charge >= 0.3 is 24.4 Å². The molecule has 0 aliphatic rings. The van der Waals surface area contributed by atoms with Crippen molar-refractivity contribution in [1.29, 1.82) is 0 Å². The van der Waals surface area contributed by atoms with Gasteiger partial charge in [0.05, 0.1) is 33.9 Å². The van der Waals surface area contributed by atoms with Crippen molar-refractivity contribution in [1.82, 2.24) is 0 Å². The number of benzene rings is 4. The molecule has 0 aliphatic carbocycles. The molecular formula is C28H20Br2F6N4O4. The van der Waals surface area contributed by atoms with Gasteiger partial charge in [0, 0.05) is 8.95 Å². The molecule has 0 saturated carbocycles. The van der Waals surface area contributed by atoms with Gasteiger partial charge in [-0.25, -0.2) is 9.59 Å². The van der Waals surface area contributed by atoms with E-state index >= 15 is 0 Å². The lowest BCUT2D eigenvalue weighted by Gasteiger charge is -2.12. The Bertz CT molecular complexity index is 1530. The molecule has 0 radical (unpaired) electrons. The van der Waals surface area contributed by atoms with Crippen LogP contribution in [0.4, 0.5) is 58.7 Å². The van der Waals surface area contributed by atoms with Crippen molar-refractivity contribution < 1.29 is 46.1 Å². The van der Waals surface area contributed by atoms with Crippen LogP contribution in [0.1, 0.15) is 11.1 Å². The second-order valence-electron chi connectivity index (χ2n) is 8.58. The molecule has 232 valence electrons.